The fraction of sp³-hybridized carbons (Fsp3) is 0.213. The maximum atomic E-state index is 6.79. The Morgan fingerprint density at radius 3 is 1.92 bits per heavy atom. The minimum Gasteiger partial charge on any atom is -0.456 e. The summed E-state index contributed by atoms with van der Waals surface area (Å²) in [5, 5.41) is 2.32. The van der Waals surface area contributed by atoms with E-state index in [-0.39, 0.29) is 23.1 Å². The van der Waals surface area contributed by atoms with E-state index in [1.54, 1.807) is 0 Å². The second-order valence-electron chi connectivity index (χ2n) is 21.5. The van der Waals surface area contributed by atoms with Crippen molar-refractivity contribution in [3.8, 4) is 11.1 Å². The first-order valence-corrected chi connectivity index (χ1v) is 23.6. The first-order valence-electron chi connectivity index (χ1n) is 23.6. The summed E-state index contributed by atoms with van der Waals surface area (Å²) in [7, 11) is 0. The van der Waals surface area contributed by atoms with E-state index < -0.39 is 5.41 Å². The van der Waals surface area contributed by atoms with E-state index in [0.717, 1.165) is 23.0 Å². The first-order chi connectivity index (χ1) is 31.4. The summed E-state index contributed by atoms with van der Waals surface area (Å²) < 4.78 is 6.79. The molecular weight excluding hydrogens is 787 g/mol. The van der Waals surface area contributed by atoms with Gasteiger partial charge in [0.05, 0.1) is 16.5 Å². The second kappa shape index (κ2) is 13.2. The van der Waals surface area contributed by atoms with Gasteiger partial charge in [0.1, 0.15) is 11.2 Å². The predicted octanol–water partition coefficient (Wildman–Crippen LogP) is 14.6. The predicted molar refractivity (Wildman–Crippen MR) is 273 cm³/mol. The molecule has 0 spiro atoms. The van der Waals surface area contributed by atoms with Crippen LogP contribution in [0.2, 0.25) is 0 Å². The molecule has 0 radical (unpaired) electrons. The van der Waals surface area contributed by atoms with Crippen molar-refractivity contribution in [3.05, 3.63) is 209 Å². The van der Waals surface area contributed by atoms with Crippen LogP contribution in [0, 0.1) is 0 Å². The number of fused-ring (bicyclic) bond motifs is 11. The van der Waals surface area contributed by atoms with Gasteiger partial charge in [-0.3, -0.25) is 0 Å². The molecule has 1 aromatic heterocycles. The molecule has 0 N–H and O–H groups in total. The number of rotatable bonds is 3. The third-order valence-electron chi connectivity index (χ3n) is 15.9. The number of furan rings is 1. The number of hydrogen-bond donors (Lipinski definition) is 0. The number of anilines is 5. The topological polar surface area (TPSA) is 19.6 Å². The van der Waals surface area contributed by atoms with Gasteiger partial charge < -0.3 is 14.1 Å². The highest BCUT2D eigenvalue weighted by Crippen LogP contribution is 2.60. The Balaban J connectivity index is 1.22. The van der Waals surface area contributed by atoms with Crippen molar-refractivity contribution < 1.29 is 4.42 Å². The van der Waals surface area contributed by atoms with E-state index in [0.29, 0.717) is 0 Å². The van der Waals surface area contributed by atoms with Crippen LogP contribution in [0.3, 0.4) is 0 Å². The van der Waals surface area contributed by atoms with E-state index >= 15 is 0 Å². The quantitative estimate of drug-likeness (QED) is 0.165. The summed E-state index contributed by atoms with van der Waals surface area (Å²) >= 11 is 0. The lowest BCUT2D eigenvalue weighted by molar-refractivity contribution is 0.332. The van der Waals surface area contributed by atoms with Crippen LogP contribution in [0.4, 0.5) is 28.4 Å². The van der Waals surface area contributed by atoms with E-state index in [4.69, 9.17) is 4.42 Å². The normalized spacial score (nSPS) is 17.0. The van der Waals surface area contributed by atoms with Gasteiger partial charge >= 0.3 is 6.85 Å². The Hall–Kier alpha value is -6.78. The van der Waals surface area contributed by atoms with E-state index in [1.807, 2.05) is 0 Å². The highest BCUT2D eigenvalue weighted by molar-refractivity contribution is 6.94. The van der Waals surface area contributed by atoms with Gasteiger partial charge in [-0.2, -0.15) is 0 Å². The fourth-order valence-corrected chi connectivity index (χ4v) is 12.6. The highest BCUT2D eigenvalue weighted by atomic mass is 16.3. The van der Waals surface area contributed by atoms with E-state index in [9.17, 15) is 0 Å². The lowest BCUT2D eigenvalue weighted by Gasteiger charge is -2.52. The number of hydrogen-bond acceptors (Lipinski definition) is 3. The summed E-state index contributed by atoms with van der Waals surface area (Å²) in [4.78, 5) is 5.39. The van der Waals surface area contributed by atoms with Crippen LogP contribution >= 0.6 is 0 Å². The summed E-state index contributed by atoms with van der Waals surface area (Å²) in [6, 6.07) is 64.7. The third-order valence-corrected chi connectivity index (χ3v) is 15.9. The summed E-state index contributed by atoms with van der Waals surface area (Å²) in [6.07, 6.45) is 2.32. The molecule has 0 saturated carbocycles. The molecule has 316 valence electrons. The largest absolute Gasteiger partial charge is 0.456 e. The molecule has 13 rings (SSSR count). The van der Waals surface area contributed by atoms with Crippen LogP contribution in [0.25, 0.3) is 33.1 Å². The van der Waals surface area contributed by atoms with Crippen molar-refractivity contribution >= 4 is 68.1 Å². The zero-order valence-electron chi connectivity index (χ0n) is 38.5. The van der Waals surface area contributed by atoms with Gasteiger partial charge in [-0.05, 0) is 127 Å². The van der Waals surface area contributed by atoms with Gasteiger partial charge in [0, 0.05) is 33.7 Å². The molecular formula is C61H53BN2O. The second-order valence-corrected chi connectivity index (χ2v) is 21.5. The molecule has 0 amide bonds. The van der Waals surface area contributed by atoms with Crippen LogP contribution in [-0.4, -0.2) is 6.85 Å². The number of nitrogens with zero attached hydrogens (tertiary/aromatic N) is 2. The van der Waals surface area contributed by atoms with Crippen LogP contribution < -0.4 is 20.6 Å². The zero-order valence-corrected chi connectivity index (χ0v) is 38.5. The van der Waals surface area contributed by atoms with E-state index in [1.165, 1.54) is 101 Å². The molecule has 0 atom stereocenters. The fourth-order valence-electron chi connectivity index (χ4n) is 12.6. The monoisotopic (exact) mass is 840 g/mol. The Morgan fingerprint density at radius 2 is 1.18 bits per heavy atom. The van der Waals surface area contributed by atoms with Gasteiger partial charge in [0.25, 0.3) is 0 Å². The standard InChI is InChI=1S/C61H53BN2O/c1-58(2,3)40-35-44-42-30-32-53-54(43-23-14-17-28-52(43)65-53)56(42)64(41-29-31-45-48(37-41)60(6,7)34-33-59(45,4)5)62-49-26-18-25-47-57(49)63(51(36-40)55(44)62)50-27-16-15-24-46(50)61(47,38-19-10-8-11-20-38)39-21-12-9-13-22-39/h8-32,35-37H,33-34H2,1-7H3. The van der Waals surface area contributed by atoms with Crippen LogP contribution in [0.15, 0.2) is 174 Å². The van der Waals surface area contributed by atoms with Crippen molar-refractivity contribution in [2.24, 2.45) is 0 Å². The molecule has 4 heteroatoms. The van der Waals surface area contributed by atoms with Gasteiger partial charge in [0.2, 0.25) is 0 Å². The summed E-state index contributed by atoms with van der Waals surface area (Å²) in [5.74, 6) is 0. The molecule has 65 heavy (non-hydrogen) atoms. The molecule has 4 heterocycles. The Kier molecular flexibility index (Phi) is 7.83. The molecule has 8 aromatic carbocycles. The van der Waals surface area contributed by atoms with Crippen molar-refractivity contribution in [3.63, 3.8) is 0 Å². The molecule has 3 nitrogen and oxygen atoms in total. The Labute approximate surface area is 383 Å². The molecule has 0 unspecified atom stereocenters. The Bertz CT molecular complexity index is 3410. The van der Waals surface area contributed by atoms with Gasteiger partial charge in [0.15, 0.2) is 0 Å². The van der Waals surface area contributed by atoms with Crippen molar-refractivity contribution in [2.75, 3.05) is 9.71 Å². The molecule has 1 aliphatic carbocycles. The maximum Gasteiger partial charge on any atom is 0.333 e. The van der Waals surface area contributed by atoms with Crippen molar-refractivity contribution in [1.29, 1.82) is 0 Å². The van der Waals surface area contributed by atoms with Crippen LogP contribution in [0.5, 0.6) is 0 Å². The van der Waals surface area contributed by atoms with Gasteiger partial charge in [-0.1, -0.05) is 176 Å². The smallest absolute Gasteiger partial charge is 0.333 e. The third kappa shape index (κ3) is 5.14. The lowest BCUT2D eigenvalue weighted by atomic mass is 9.42. The molecule has 0 fully saturated rings. The zero-order chi connectivity index (χ0) is 44.2. The number of benzene rings is 8. The van der Waals surface area contributed by atoms with Gasteiger partial charge in [-0.25, -0.2) is 0 Å². The maximum absolute atomic E-state index is 6.79. The van der Waals surface area contributed by atoms with Crippen molar-refractivity contribution in [2.45, 2.75) is 83.0 Å². The molecule has 9 aromatic rings. The number of para-hydroxylation sites is 3. The van der Waals surface area contributed by atoms with Crippen LogP contribution in [-0.2, 0) is 21.7 Å². The van der Waals surface area contributed by atoms with Gasteiger partial charge in [-0.15, -0.1) is 0 Å². The Morgan fingerprint density at radius 1 is 0.523 bits per heavy atom. The lowest BCUT2D eigenvalue weighted by Crippen LogP contribution is -2.63. The molecule has 0 bridgehead atoms. The summed E-state index contributed by atoms with van der Waals surface area (Å²) in [6.45, 7) is 16.7. The SMILES string of the molecule is CC(C)(C)c1cc2c3c(c1)N1c4ccccc4C(c4ccccc4)(c4ccccc4)c4cccc(c41)B3N(c1ccc3c(c1)C(C)(C)CCC3(C)C)c1c-2ccc2oc3ccccc3c12. The average Bonchev–Trinajstić information content (AvgIpc) is 3.71. The van der Waals surface area contributed by atoms with E-state index in [2.05, 4.69) is 228 Å². The average molecular weight is 841 g/mol. The minimum absolute atomic E-state index is 0.0302. The first kappa shape index (κ1) is 38.7. The minimum atomic E-state index is -0.588. The van der Waals surface area contributed by atoms with Crippen molar-refractivity contribution in [1.82, 2.24) is 0 Å². The van der Waals surface area contributed by atoms with Crippen LogP contribution in [0.1, 0.15) is 100 Å². The molecule has 0 saturated heterocycles. The highest BCUT2D eigenvalue weighted by Gasteiger charge is 2.53. The molecule has 4 aliphatic rings. The molecule has 3 aliphatic heterocycles. The summed E-state index contributed by atoms with van der Waals surface area (Å²) in [5.41, 5.74) is 22.0.